The summed E-state index contributed by atoms with van der Waals surface area (Å²) in [5.74, 6) is 0.908. The second kappa shape index (κ2) is 5.62. The second-order valence-electron chi connectivity index (χ2n) is 5.85. The monoisotopic (exact) mass is 267 g/mol. The summed E-state index contributed by atoms with van der Waals surface area (Å²) in [6.07, 6.45) is 13.5. The van der Waals surface area contributed by atoms with Crippen LogP contribution in [0.25, 0.3) is 0 Å². The summed E-state index contributed by atoms with van der Waals surface area (Å²) in [7, 11) is 0. The molecule has 0 unspecified atom stereocenters. The van der Waals surface area contributed by atoms with E-state index in [-0.39, 0.29) is 0 Å². The SMILES string of the molecule is Clc1cnn(CN(CC2CCCCC2)C2CC2)c1. The fourth-order valence-corrected chi connectivity index (χ4v) is 3.22. The van der Waals surface area contributed by atoms with Crippen molar-refractivity contribution in [2.75, 3.05) is 6.54 Å². The highest BCUT2D eigenvalue weighted by Crippen LogP contribution is 2.31. The van der Waals surface area contributed by atoms with Gasteiger partial charge in [0.15, 0.2) is 0 Å². The fourth-order valence-electron chi connectivity index (χ4n) is 3.07. The molecule has 2 saturated carbocycles. The van der Waals surface area contributed by atoms with Crippen molar-refractivity contribution in [1.82, 2.24) is 14.7 Å². The van der Waals surface area contributed by atoms with Crippen LogP contribution in [0.4, 0.5) is 0 Å². The lowest BCUT2D eigenvalue weighted by Crippen LogP contribution is -2.34. The summed E-state index contributed by atoms with van der Waals surface area (Å²) in [4.78, 5) is 2.61. The van der Waals surface area contributed by atoms with Gasteiger partial charge in [-0.3, -0.25) is 9.58 Å². The quantitative estimate of drug-likeness (QED) is 0.814. The van der Waals surface area contributed by atoms with Crippen molar-refractivity contribution < 1.29 is 0 Å². The highest BCUT2D eigenvalue weighted by atomic mass is 35.5. The van der Waals surface area contributed by atoms with Gasteiger partial charge in [-0.25, -0.2) is 0 Å². The van der Waals surface area contributed by atoms with Crippen LogP contribution in [0.15, 0.2) is 12.4 Å². The van der Waals surface area contributed by atoms with Crippen LogP contribution in [0.3, 0.4) is 0 Å². The molecule has 0 atom stereocenters. The molecule has 4 heteroatoms. The van der Waals surface area contributed by atoms with Crippen LogP contribution in [0.5, 0.6) is 0 Å². The maximum absolute atomic E-state index is 5.93. The standard InChI is InChI=1S/C14H22ClN3/c15-13-8-16-18(10-13)11-17(14-6-7-14)9-12-4-2-1-3-5-12/h8,10,12,14H,1-7,9,11H2. The maximum Gasteiger partial charge on any atom is 0.0931 e. The summed E-state index contributed by atoms with van der Waals surface area (Å²) in [6.45, 7) is 2.16. The van der Waals surface area contributed by atoms with Gasteiger partial charge in [0.25, 0.3) is 0 Å². The van der Waals surface area contributed by atoms with Crippen LogP contribution in [0, 0.1) is 5.92 Å². The predicted octanol–water partition coefficient (Wildman–Crippen LogP) is 3.54. The van der Waals surface area contributed by atoms with Gasteiger partial charge in [0.2, 0.25) is 0 Å². The van der Waals surface area contributed by atoms with E-state index in [0.717, 1.165) is 23.7 Å². The Balaban J connectivity index is 1.57. The van der Waals surface area contributed by atoms with E-state index in [1.807, 2.05) is 10.9 Å². The van der Waals surface area contributed by atoms with Crippen LogP contribution in [-0.4, -0.2) is 27.3 Å². The van der Waals surface area contributed by atoms with E-state index in [2.05, 4.69) is 10.00 Å². The van der Waals surface area contributed by atoms with E-state index >= 15 is 0 Å². The van der Waals surface area contributed by atoms with Gasteiger partial charge < -0.3 is 0 Å². The van der Waals surface area contributed by atoms with Gasteiger partial charge in [-0.2, -0.15) is 5.10 Å². The lowest BCUT2D eigenvalue weighted by Gasteiger charge is -2.29. The van der Waals surface area contributed by atoms with Gasteiger partial charge in [0.1, 0.15) is 0 Å². The maximum atomic E-state index is 5.93. The molecular formula is C14H22ClN3. The van der Waals surface area contributed by atoms with E-state index in [4.69, 9.17) is 11.6 Å². The van der Waals surface area contributed by atoms with Gasteiger partial charge in [0.05, 0.1) is 17.9 Å². The van der Waals surface area contributed by atoms with Crippen molar-refractivity contribution >= 4 is 11.6 Å². The molecule has 18 heavy (non-hydrogen) atoms. The van der Waals surface area contributed by atoms with Crippen LogP contribution >= 0.6 is 11.6 Å². The van der Waals surface area contributed by atoms with Gasteiger partial charge in [0, 0.05) is 18.8 Å². The molecule has 0 radical (unpaired) electrons. The van der Waals surface area contributed by atoms with E-state index in [9.17, 15) is 0 Å². The zero-order valence-electron chi connectivity index (χ0n) is 10.9. The van der Waals surface area contributed by atoms with Crippen LogP contribution in [0.1, 0.15) is 44.9 Å². The third-order valence-corrected chi connectivity index (χ3v) is 4.40. The van der Waals surface area contributed by atoms with Crippen molar-refractivity contribution in [2.24, 2.45) is 5.92 Å². The molecule has 0 aromatic carbocycles. The van der Waals surface area contributed by atoms with Crippen molar-refractivity contribution in [1.29, 1.82) is 0 Å². The fraction of sp³-hybridized carbons (Fsp3) is 0.786. The first-order valence-electron chi connectivity index (χ1n) is 7.23. The Kier molecular flexibility index (Phi) is 3.90. The van der Waals surface area contributed by atoms with E-state index in [1.165, 1.54) is 51.5 Å². The van der Waals surface area contributed by atoms with Crippen molar-refractivity contribution in [3.63, 3.8) is 0 Å². The van der Waals surface area contributed by atoms with Gasteiger partial charge in [-0.1, -0.05) is 30.9 Å². The molecule has 2 aliphatic rings. The Bertz CT molecular complexity index is 380. The molecule has 100 valence electrons. The molecule has 0 amide bonds. The second-order valence-corrected chi connectivity index (χ2v) is 6.28. The Labute approximate surface area is 114 Å². The molecule has 0 bridgehead atoms. The topological polar surface area (TPSA) is 21.1 Å². The summed E-state index contributed by atoms with van der Waals surface area (Å²) in [6, 6.07) is 0.801. The first-order valence-corrected chi connectivity index (χ1v) is 7.61. The summed E-state index contributed by atoms with van der Waals surface area (Å²) < 4.78 is 1.98. The first kappa shape index (κ1) is 12.5. The Morgan fingerprint density at radius 2 is 2.00 bits per heavy atom. The molecule has 2 fully saturated rings. The summed E-state index contributed by atoms with van der Waals surface area (Å²) >= 11 is 5.93. The molecule has 0 spiro atoms. The first-order chi connectivity index (χ1) is 8.81. The van der Waals surface area contributed by atoms with E-state index < -0.39 is 0 Å². The highest BCUT2D eigenvalue weighted by Gasteiger charge is 2.31. The molecule has 0 saturated heterocycles. The van der Waals surface area contributed by atoms with Gasteiger partial charge in [-0.15, -0.1) is 0 Å². The Morgan fingerprint density at radius 3 is 2.61 bits per heavy atom. The number of nitrogens with zero attached hydrogens (tertiary/aromatic N) is 3. The average molecular weight is 268 g/mol. The predicted molar refractivity (Wildman–Crippen MR) is 73.5 cm³/mol. The van der Waals surface area contributed by atoms with Crippen molar-refractivity contribution in [2.45, 2.75) is 57.7 Å². The van der Waals surface area contributed by atoms with Gasteiger partial charge in [-0.05, 0) is 31.6 Å². The Hall–Kier alpha value is -0.540. The van der Waals surface area contributed by atoms with Gasteiger partial charge >= 0.3 is 0 Å². The number of rotatable bonds is 5. The summed E-state index contributed by atoms with van der Waals surface area (Å²) in [5, 5.41) is 5.04. The molecule has 3 rings (SSSR count). The van der Waals surface area contributed by atoms with Crippen LogP contribution < -0.4 is 0 Å². The average Bonchev–Trinajstić information content (AvgIpc) is 3.15. The molecule has 3 nitrogen and oxygen atoms in total. The molecular weight excluding hydrogens is 246 g/mol. The molecule has 1 heterocycles. The minimum absolute atomic E-state index is 0.739. The van der Waals surface area contributed by atoms with E-state index in [1.54, 1.807) is 6.20 Å². The molecule has 0 N–H and O–H groups in total. The minimum atomic E-state index is 0.739. The lowest BCUT2D eigenvalue weighted by molar-refractivity contribution is 0.148. The zero-order valence-corrected chi connectivity index (χ0v) is 11.6. The number of hydrogen-bond acceptors (Lipinski definition) is 2. The largest absolute Gasteiger partial charge is 0.281 e. The van der Waals surface area contributed by atoms with Crippen LogP contribution in [-0.2, 0) is 6.67 Å². The smallest absolute Gasteiger partial charge is 0.0931 e. The van der Waals surface area contributed by atoms with Crippen LogP contribution in [0.2, 0.25) is 5.02 Å². The number of hydrogen-bond donors (Lipinski definition) is 0. The normalized spacial score (nSPS) is 21.7. The highest BCUT2D eigenvalue weighted by molar-refractivity contribution is 6.30. The summed E-state index contributed by atoms with van der Waals surface area (Å²) in [5.41, 5.74) is 0. The third-order valence-electron chi connectivity index (χ3n) is 4.21. The van der Waals surface area contributed by atoms with Crippen molar-refractivity contribution in [3.8, 4) is 0 Å². The molecule has 0 aliphatic heterocycles. The molecule has 1 aromatic rings. The number of aromatic nitrogens is 2. The molecule has 2 aliphatic carbocycles. The van der Waals surface area contributed by atoms with E-state index in [0.29, 0.717) is 0 Å². The number of halogens is 1. The minimum Gasteiger partial charge on any atom is -0.281 e. The Morgan fingerprint density at radius 1 is 1.22 bits per heavy atom. The third kappa shape index (κ3) is 3.27. The van der Waals surface area contributed by atoms with Crippen molar-refractivity contribution in [3.05, 3.63) is 17.4 Å². The lowest BCUT2D eigenvalue weighted by atomic mass is 9.89. The molecule has 1 aromatic heterocycles. The zero-order chi connectivity index (χ0) is 12.4.